The van der Waals surface area contributed by atoms with Crippen molar-refractivity contribution in [1.29, 1.82) is 0 Å². The lowest BCUT2D eigenvalue weighted by Crippen LogP contribution is -1.88. The Bertz CT molecular complexity index is 377. The van der Waals surface area contributed by atoms with Gasteiger partial charge >= 0.3 is 10.5 Å². The Labute approximate surface area is 81.4 Å². The fraction of sp³-hybridized carbons (Fsp3) is 0.125. The van der Waals surface area contributed by atoms with Crippen LogP contribution in [0.4, 0.5) is 3.89 Å². The predicted octanol–water partition coefficient (Wildman–Crippen LogP) is 1.65. The van der Waals surface area contributed by atoms with Gasteiger partial charge < -0.3 is 0 Å². The molecule has 0 aliphatic rings. The number of ketones is 1. The van der Waals surface area contributed by atoms with Crippen molar-refractivity contribution >= 4 is 16.3 Å². The molecular formula is C8H9FO4S. The Hall–Kier alpha value is -1.27. The third-order valence-corrected chi connectivity index (χ3v) is 1.18. The molecule has 0 saturated heterocycles. The van der Waals surface area contributed by atoms with Gasteiger partial charge in [-0.05, 0) is 6.92 Å². The van der Waals surface area contributed by atoms with Gasteiger partial charge in [-0.15, -0.1) is 0 Å². The number of Topliss-reactive ketones (excluding diaryl/α,β-unsaturated/α-hetero) is 1. The second kappa shape index (κ2) is 5.46. The van der Waals surface area contributed by atoms with Crippen molar-refractivity contribution < 1.29 is 21.7 Å². The second-order valence-corrected chi connectivity index (χ2v) is 3.16. The molecule has 0 atom stereocenters. The number of halogens is 1. The van der Waals surface area contributed by atoms with E-state index in [0.29, 0.717) is 0 Å². The number of rotatable bonds is 1. The monoisotopic (exact) mass is 220 g/mol. The van der Waals surface area contributed by atoms with E-state index in [9.17, 15) is 8.68 Å². The van der Waals surface area contributed by atoms with Gasteiger partial charge in [-0.3, -0.25) is 9.35 Å². The maximum absolute atomic E-state index is 10.6. The van der Waals surface area contributed by atoms with Crippen LogP contribution in [-0.4, -0.2) is 18.8 Å². The molecule has 0 bridgehead atoms. The molecule has 0 spiro atoms. The van der Waals surface area contributed by atoms with Crippen LogP contribution in [0.1, 0.15) is 17.3 Å². The van der Waals surface area contributed by atoms with Crippen LogP contribution in [0, 0.1) is 0 Å². The molecule has 0 radical (unpaired) electrons. The first-order valence-electron chi connectivity index (χ1n) is 3.54. The van der Waals surface area contributed by atoms with Crippen molar-refractivity contribution in [3.8, 4) is 0 Å². The summed E-state index contributed by atoms with van der Waals surface area (Å²) in [5.41, 5.74) is 0.775. The Morgan fingerprint density at radius 2 is 1.64 bits per heavy atom. The first kappa shape index (κ1) is 12.7. The third kappa shape index (κ3) is 8.82. The fourth-order valence-electron chi connectivity index (χ4n) is 0.673. The SMILES string of the molecule is CC(=O)c1ccccc1.O=S(=O)(O)F. The van der Waals surface area contributed by atoms with Crippen LogP contribution in [0.3, 0.4) is 0 Å². The molecule has 6 heteroatoms. The van der Waals surface area contributed by atoms with Crippen LogP contribution in [0.15, 0.2) is 30.3 Å². The van der Waals surface area contributed by atoms with Crippen LogP contribution in [0.5, 0.6) is 0 Å². The number of hydrogen-bond acceptors (Lipinski definition) is 3. The van der Waals surface area contributed by atoms with Gasteiger partial charge in [0.15, 0.2) is 5.78 Å². The van der Waals surface area contributed by atoms with Gasteiger partial charge in [-0.2, -0.15) is 8.42 Å². The maximum Gasteiger partial charge on any atom is 0.435 e. The molecule has 4 nitrogen and oxygen atoms in total. The Morgan fingerprint density at radius 1 is 1.29 bits per heavy atom. The molecule has 0 amide bonds. The molecule has 0 aliphatic carbocycles. The molecule has 0 aliphatic heterocycles. The summed E-state index contributed by atoms with van der Waals surface area (Å²) in [5, 5.41) is 0. The highest BCUT2D eigenvalue weighted by Gasteiger charge is 1.92. The van der Waals surface area contributed by atoms with Gasteiger partial charge in [0.1, 0.15) is 0 Å². The van der Waals surface area contributed by atoms with E-state index >= 15 is 0 Å². The standard InChI is InChI=1S/C8H8O.FHO3S/c1-7(9)8-5-3-2-4-6-8;1-5(2,3)4/h2-6H,1H3;(H,2,3,4). The van der Waals surface area contributed by atoms with E-state index in [2.05, 4.69) is 0 Å². The van der Waals surface area contributed by atoms with Crippen LogP contribution in [0.2, 0.25) is 0 Å². The molecule has 0 unspecified atom stereocenters. The van der Waals surface area contributed by atoms with Crippen LogP contribution < -0.4 is 0 Å². The topological polar surface area (TPSA) is 71.4 Å². The highest BCUT2D eigenvalue weighted by Crippen LogP contribution is 1.97. The van der Waals surface area contributed by atoms with E-state index in [1.165, 1.54) is 0 Å². The zero-order chi connectivity index (χ0) is 11.2. The fourth-order valence-corrected chi connectivity index (χ4v) is 0.673. The maximum atomic E-state index is 10.6. The van der Waals surface area contributed by atoms with Gasteiger partial charge in [0.2, 0.25) is 0 Å². The highest BCUT2D eigenvalue weighted by molar-refractivity contribution is 7.80. The highest BCUT2D eigenvalue weighted by atomic mass is 32.3. The molecule has 0 saturated carbocycles. The van der Waals surface area contributed by atoms with Gasteiger partial charge in [0.05, 0.1) is 0 Å². The summed E-state index contributed by atoms with van der Waals surface area (Å²) in [4.78, 5) is 10.6. The minimum atomic E-state index is -5.17. The zero-order valence-corrected chi connectivity index (χ0v) is 8.16. The second-order valence-electron chi connectivity index (χ2n) is 2.33. The minimum absolute atomic E-state index is 0.121. The molecular weight excluding hydrogens is 211 g/mol. The largest absolute Gasteiger partial charge is 0.435 e. The summed E-state index contributed by atoms with van der Waals surface area (Å²) in [6.07, 6.45) is 0. The van der Waals surface area contributed by atoms with Crippen LogP contribution in [-0.2, 0) is 10.5 Å². The Kier molecular flexibility index (Phi) is 4.96. The summed E-state index contributed by atoms with van der Waals surface area (Å²) in [7, 11) is -5.17. The van der Waals surface area contributed by atoms with E-state index < -0.39 is 10.5 Å². The Morgan fingerprint density at radius 3 is 1.86 bits per heavy atom. The molecule has 78 valence electrons. The summed E-state index contributed by atoms with van der Waals surface area (Å²) >= 11 is 0. The van der Waals surface area contributed by atoms with Crippen molar-refractivity contribution in [2.45, 2.75) is 6.92 Å². The number of hydrogen-bond donors (Lipinski definition) is 1. The predicted molar refractivity (Wildman–Crippen MR) is 49.1 cm³/mol. The average Bonchev–Trinajstić information content (AvgIpc) is 2.03. The molecule has 0 fully saturated rings. The van der Waals surface area contributed by atoms with E-state index in [-0.39, 0.29) is 5.78 Å². The van der Waals surface area contributed by atoms with Crippen molar-refractivity contribution in [2.24, 2.45) is 0 Å². The molecule has 1 N–H and O–H groups in total. The summed E-state index contributed by atoms with van der Waals surface area (Å²) in [6, 6.07) is 9.23. The van der Waals surface area contributed by atoms with Crippen LogP contribution >= 0.6 is 0 Å². The molecule has 1 aromatic carbocycles. The van der Waals surface area contributed by atoms with Gasteiger partial charge in [-0.1, -0.05) is 34.2 Å². The summed E-state index contributed by atoms with van der Waals surface area (Å²) < 4.78 is 34.1. The first-order chi connectivity index (χ1) is 6.30. The molecule has 0 aromatic heterocycles. The first-order valence-corrected chi connectivity index (χ1v) is 4.88. The lowest BCUT2D eigenvalue weighted by molar-refractivity contribution is 0.101. The van der Waals surface area contributed by atoms with Crippen molar-refractivity contribution in [3.05, 3.63) is 35.9 Å². The molecule has 1 rings (SSSR count). The summed E-state index contributed by atoms with van der Waals surface area (Å²) in [5.74, 6) is 0.121. The van der Waals surface area contributed by atoms with Crippen molar-refractivity contribution in [1.82, 2.24) is 0 Å². The van der Waals surface area contributed by atoms with Crippen LogP contribution in [0.25, 0.3) is 0 Å². The number of carbonyl (C=O) groups is 1. The Balaban J connectivity index is 0.000000292. The van der Waals surface area contributed by atoms with Gasteiger partial charge in [-0.25, -0.2) is 0 Å². The smallest absolute Gasteiger partial charge is 0.295 e. The molecule has 0 heterocycles. The van der Waals surface area contributed by atoms with Crippen molar-refractivity contribution in [2.75, 3.05) is 0 Å². The zero-order valence-electron chi connectivity index (χ0n) is 7.34. The molecule has 1 aromatic rings. The average molecular weight is 220 g/mol. The number of benzene rings is 1. The third-order valence-electron chi connectivity index (χ3n) is 1.18. The van der Waals surface area contributed by atoms with Crippen molar-refractivity contribution in [3.63, 3.8) is 0 Å². The van der Waals surface area contributed by atoms with E-state index in [4.69, 9.17) is 13.0 Å². The van der Waals surface area contributed by atoms with E-state index in [1.807, 2.05) is 30.3 Å². The summed E-state index contributed by atoms with van der Waals surface area (Å²) in [6.45, 7) is 1.56. The lowest BCUT2D eigenvalue weighted by atomic mass is 10.2. The number of carbonyl (C=O) groups excluding carboxylic acids is 1. The lowest BCUT2D eigenvalue weighted by Gasteiger charge is -1.89. The van der Waals surface area contributed by atoms with Gasteiger partial charge in [0, 0.05) is 5.56 Å². The minimum Gasteiger partial charge on any atom is -0.295 e. The van der Waals surface area contributed by atoms with E-state index in [0.717, 1.165) is 5.56 Å². The quantitative estimate of drug-likeness (QED) is 0.443. The normalized spacial score (nSPS) is 9.93. The van der Waals surface area contributed by atoms with Gasteiger partial charge in [0.25, 0.3) is 0 Å². The van der Waals surface area contributed by atoms with E-state index in [1.54, 1.807) is 6.92 Å². The molecule has 14 heavy (non-hydrogen) atoms.